The van der Waals surface area contributed by atoms with E-state index in [2.05, 4.69) is 31.7 Å². The highest BCUT2D eigenvalue weighted by atomic mass is 35.5. The van der Waals surface area contributed by atoms with Crippen molar-refractivity contribution in [2.45, 2.75) is 48.4 Å². The molecule has 4 heterocycles. The van der Waals surface area contributed by atoms with Gasteiger partial charge in [0.15, 0.2) is 21.0 Å². The van der Waals surface area contributed by atoms with Gasteiger partial charge in [0.25, 0.3) is 6.43 Å². The predicted octanol–water partition coefficient (Wildman–Crippen LogP) is 6.26. The molecule has 14 heteroatoms. The fourth-order valence-electron chi connectivity index (χ4n) is 3.78. The van der Waals surface area contributed by atoms with Gasteiger partial charge in [0.2, 0.25) is 0 Å². The van der Waals surface area contributed by atoms with E-state index in [4.69, 9.17) is 21.4 Å². The van der Waals surface area contributed by atoms with E-state index in [1.807, 2.05) is 39.3 Å². The van der Waals surface area contributed by atoms with Crippen LogP contribution in [0.4, 0.5) is 8.78 Å². The van der Waals surface area contributed by atoms with Gasteiger partial charge < -0.3 is 4.90 Å². The summed E-state index contributed by atoms with van der Waals surface area (Å²) < 4.78 is 40.3. The van der Waals surface area contributed by atoms with Crippen molar-refractivity contribution in [1.82, 2.24) is 34.2 Å². The van der Waals surface area contributed by atoms with Gasteiger partial charge in [0.05, 0.1) is 11.2 Å². The summed E-state index contributed by atoms with van der Waals surface area (Å²) in [5, 5.41) is 7.70. The number of aryl methyl sites for hydroxylation is 1. The van der Waals surface area contributed by atoms with Gasteiger partial charge in [-0.2, -0.15) is 0 Å². The molecule has 0 aromatic carbocycles. The minimum atomic E-state index is -2.71. The summed E-state index contributed by atoms with van der Waals surface area (Å²) in [7, 11) is 3.32. The van der Waals surface area contributed by atoms with Crippen LogP contribution >= 0.6 is 34.9 Å². The molecule has 0 saturated heterocycles. The number of fused-ring (bicyclic) bond motifs is 1. The van der Waals surface area contributed by atoms with Gasteiger partial charge in [-0.25, -0.2) is 13.8 Å². The Balaban J connectivity index is 1.61. The van der Waals surface area contributed by atoms with Gasteiger partial charge in [0.1, 0.15) is 0 Å². The zero-order valence-electron chi connectivity index (χ0n) is 21.3. The average molecular weight is 597 g/mol. The molecular formula is C24H27ClF2N8S3. The van der Waals surface area contributed by atoms with Crippen LogP contribution in [-0.2, 0) is 10.7 Å². The second-order valence-electron chi connectivity index (χ2n) is 9.78. The Morgan fingerprint density at radius 2 is 2.08 bits per heavy atom. The van der Waals surface area contributed by atoms with Gasteiger partial charge in [-0.3, -0.25) is 18.9 Å². The number of imidazole rings is 1. The number of hydrogen-bond donors (Lipinski definition) is 2. The van der Waals surface area contributed by atoms with Gasteiger partial charge in [-0.15, -0.1) is 10.2 Å². The van der Waals surface area contributed by atoms with Crippen molar-refractivity contribution in [3.05, 3.63) is 40.3 Å². The molecule has 1 saturated carbocycles. The van der Waals surface area contributed by atoms with Crippen LogP contribution in [0.3, 0.4) is 0 Å². The molecule has 1 atom stereocenters. The molecule has 8 nitrogen and oxygen atoms in total. The van der Waals surface area contributed by atoms with E-state index < -0.39 is 17.1 Å². The van der Waals surface area contributed by atoms with Crippen LogP contribution in [0.5, 0.6) is 0 Å². The lowest BCUT2D eigenvalue weighted by molar-refractivity contribution is 0.150. The summed E-state index contributed by atoms with van der Waals surface area (Å²) in [6.45, 7) is 4.97. The lowest BCUT2D eigenvalue weighted by Gasteiger charge is -2.15. The van der Waals surface area contributed by atoms with Crippen molar-refractivity contribution in [3.8, 4) is 22.1 Å². The van der Waals surface area contributed by atoms with E-state index in [1.165, 1.54) is 11.9 Å². The highest BCUT2D eigenvalue weighted by molar-refractivity contribution is 7.97. The number of pyridine rings is 2. The Morgan fingerprint density at radius 1 is 1.32 bits per heavy atom. The maximum atomic E-state index is 13.2. The first-order valence-corrected chi connectivity index (χ1v) is 15.3. The third kappa shape index (κ3) is 5.77. The molecule has 4 aromatic heterocycles. The molecule has 0 spiro atoms. The largest absolute Gasteiger partial charge is 0.309 e. The zero-order valence-corrected chi connectivity index (χ0v) is 24.5. The molecule has 4 aromatic rings. The molecule has 202 valence electrons. The normalized spacial score (nSPS) is 15.6. The van der Waals surface area contributed by atoms with Crippen molar-refractivity contribution >= 4 is 51.1 Å². The number of rotatable bonds is 10. The highest BCUT2D eigenvalue weighted by Crippen LogP contribution is 2.41. The molecule has 2 N–H and O–H groups in total. The maximum Gasteiger partial charge on any atom is 0.291 e. The predicted molar refractivity (Wildman–Crippen MR) is 150 cm³/mol. The van der Waals surface area contributed by atoms with E-state index in [1.54, 1.807) is 10.6 Å². The Morgan fingerprint density at radius 3 is 2.71 bits per heavy atom. The molecule has 0 radical (unpaired) electrons. The molecule has 0 bridgehead atoms. The minimum Gasteiger partial charge on any atom is -0.309 e. The van der Waals surface area contributed by atoms with Crippen LogP contribution in [0, 0.1) is 11.7 Å². The van der Waals surface area contributed by atoms with E-state index in [0.29, 0.717) is 11.3 Å². The highest BCUT2D eigenvalue weighted by Gasteiger charge is 2.37. The van der Waals surface area contributed by atoms with E-state index >= 15 is 0 Å². The number of halogens is 3. The van der Waals surface area contributed by atoms with Crippen molar-refractivity contribution in [1.29, 1.82) is 4.78 Å². The summed E-state index contributed by atoms with van der Waals surface area (Å²) in [4.78, 5) is 13.1. The van der Waals surface area contributed by atoms with Gasteiger partial charge in [0, 0.05) is 45.6 Å². The number of aromatic nitrogens is 5. The first-order valence-electron chi connectivity index (χ1n) is 11.9. The molecule has 1 aliphatic carbocycles. The van der Waals surface area contributed by atoms with Crippen LogP contribution < -0.4 is 4.72 Å². The van der Waals surface area contributed by atoms with Crippen LogP contribution in [0.1, 0.15) is 36.8 Å². The monoisotopic (exact) mass is 596 g/mol. The Kier molecular flexibility index (Phi) is 7.87. The SMILES string of the molecule is Cc1cc(S(=N)CCN(C)C)cnc1-c1cc(SNC2(C)CC2)cn2c(-c3nnc(C(F)F)s3)nc(Cl)c12. The molecule has 0 aliphatic heterocycles. The van der Waals surface area contributed by atoms with Crippen molar-refractivity contribution in [2.24, 2.45) is 0 Å². The molecule has 1 unspecified atom stereocenters. The summed E-state index contributed by atoms with van der Waals surface area (Å²) in [6.07, 6.45) is 3.13. The molecule has 0 amide bonds. The van der Waals surface area contributed by atoms with Gasteiger partial charge in [-0.05, 0) is 70.4 Å². The smallest absolute Gasteiger partial charge is 0.291 e. The van der Waals surface area contributed by atoms with Crippen LogP contribution in [-0.4, -0.2) is 61.4 Å². The van der Waals surface area contributed by atoms with Gasteiger partial charge >= 0.3 is 0 Å². The lowest BCUT2D eigenvalue weighted by atomic mass is 10.1. The Labute approximate surface area is 235 Å². The van der Waals surface area contributed by atoms with Gasteiger partial charge in [-0.1, -0.05) is 33.6 Å². The Bertz CT molecular complexity index is 1520. The second-order valence-corrected chi connectivity index (χ2v) is 13.7. The fraction of sp³-hybridized carbons (Fsp3) is 0.417. The first kappa shape index (κ1) is 27.5. The first-order chi connectivity index (χ1) is 18.0. The standard InChI is InChI=1S/C24H27ClF2N8S3/c1-13-9-15(38(28)8-7-34(3)4)11-29-17(13)16-10-14(37-33-24(2)5-6-24)12-35-18(16)19(25)30-21(35)23-32-31-22(36-23)20(26)27/h9-12,20,28,33H,5-8H2,1-4H3. The van der Waals surface area contributed by atoms with Crippen molar-refractivity contribution < 1.29 is 8.78 Å². The van der Waals surface area contributed by atoms with E-state index in [0.717, 1.165) is 63.1 Å². The number of alkyl halides is 2. The van der Waals surface area contributed by atoms with Crippen LogP contribution in [0.15, 0.2) is 34.3 Å². The summed E-state index contributed by atoms with van der Waals surface area (Å²) in [5.41, 5.74) is 3.11. The number of hydrogen-bond acceptors (Lipinski definition) is 9. The molecular weight excluding hydrogens is 570 g/mol. The van der Waals surface area contributed by atoms with E-state index in [9.17, 15) is 8.78 Å². The average Bonchev–Trinajstić information content (AvgIpc) is 3.26. The fourth-order valence-corrected chi connectivity index (χ4v) is 6.92. The number of nitrogens with zero attached hydrogens (tertiary/aromatic N) is 6. The quantitative estimate of drug-likeness (QED) is 0.208. The van der Waals surface area contributed by atoms with Crippen molar-refractivity contribution in [3.63, 3.8) is 0 Å². The maximum absolute atomic E-state index is 13.2. The summed E-state index contributed by atoms with van der Waals surface area (Å²) in [6, 6.07) is 4.03. The third-order valence-corrected chi connectivity index (χ3v) is 9.86. The molecule has 1 fully saturated rings. The second kappa shape index (κ2) is 10.9. The molecule has 5 rings (SSSR count). The zero-order chi connectivity index (χ0) is 27.2. The topological polar surface area (TPSA) is 95.1 Å². The number of nitrogens with one attached hydrogen (secondary N) is 2. The molecule has 38 heavy (non-hydrogen) atoms. The minimum absolute atomic E-state index is 0.0903. The van der Waals surface area contributed by atoms with Crippen LogP contribution in [0.2, 0.25) is 5.15 Å². The Hall–Kier alpha value is -2.03. The van der Waals surface area contributed by atoms with Crippen LogP contribution in [0.25, 0.3) is 27.6 Å². The lowest BCUT2D eigenvalue weighted by Crippen LogP contribution is -2.20. The van der Waals surface area contributed by atoms with E-state index in [-0.39, 0.29) is 20.7 Å². The summed E-state index contributed by atoms with van der Waals surface area (Å²) >= 11 is 8.96. The van der Waals surface area contributed by atoms with Crippen molar-refractivity contribution in [2.75, 3.05) is 26.4 Å². The molecule has 1 aliphatic rings. The third-order valence-electron chi connectivity index (χ3n) is 6.24. The summed E-state index contributed by atoms with van der Waals surface area (Å²) in [5.74, 6) is 1.08.